The molecule has 0 fully saturated rings. The van der Waals surface area contributed by atoms with Gasteiger partial charge in [0.2, 0.25) is 0 Å². The van der Waals surface area contributed by atoms with Crippen molar-refractivity contribution in [2.75, 3.05) is 0 Å². The zero-order chi connectivity index (χ0) is 9.35. The first kappa shape index (κ1) is 9.80. The summed E-state index contributed by atoms with van der Waals surface area (Å²) in [5.74, 6) is 0. The van der Waals surface area contributed by atoms with Crippen LogP contribution in [0.1, 0.15) is 26.5 Å². The summed E-state index contributed by atoms with van der Waals surface area (Å²) in [6.07, 6.45) is 0. The second kappa shape index (κ2) is 3.22. The summed E-state index contributed by atoms with van der Waals surface area (Å²) in [7, 11) is -0.988. The fourth-order valence-electron chi connectivity index (χ4n) is 0.672. The Morgan fingerprint density at radius 1 is 1.42 bits per heavy atom. The second-order valence-electron chi connectivity index (χ2n) is 3.53. The standard InChI is InChI=1S/C7H12N2OS2/c1-5-6(11-9-8-5)12(10)7(2,3)4/h1-4H3/t12-/m1/s1. The zero-order valence-electron chi connectivity index (χ0n) is 7.62. The molecule has 1 atom stereocenters. The maximum atomic E-state index is 11.8. The van der Waals surface area contributed by atoms with Gasteiger partial charge in [0.25, 0.3) is 0 Å². The molecule has 1 aromatic heterocycles. The first-order valence-electron chi connectivity index (χ1n) is 3.64. The zero-order valence-corrected chi connectivity index (χ0v) is 9.25. The average Bonchev–Trinajstić information content (AvgIpc) is 2.31. The fraction of sp³-hybridized carbons (Fsp3) is 0.714. The highest BCUT2D eigenvalue weighted by atomic mass is 32.2. The van der Waals surface area contributed by atoms with Crippen molar-refractivity contribution in [1.29, 1.82) is 0 Å². The smallest absolute Gasteiger partial charge is 0.135 e. The van der Waals surface area contributed by atoms with E-state index in [2.05, 4.69) is 9.59 Å². The third-order valence-electron chi connectivity index (χ3n) is 1.33. The SMILES string of the molecule is Cc1nnsc1[S@@](=O)C(C)(C)C. The van der Waals surface area contributed by atoms with Gasteiger partial charge in [0, 0.05) is 4.75 Å². The van der Waals surface area contributed by atoms with Crippen LogP contribution < -0.4 is 0 Å². The molecule has 0 unspecified atom stereocenters. The summed E-state index contributed by atoms with van der Waals surface area (Å²) in [4.78, 5) is 0. The van der Waals surface area contributed by atoms with Gasteiger partial charge in [0.15, 0.2) is 0 Å². The number of hydrogen-bond donors (Lipinski definition) is 0. The molecule has 3 nitrogen and oxygen atoms in total. The number of rotatable bonds is 1. The third-order valence-corrected chi connectivity index (χ3v) is 4.38. The number of nitrogens with zero attached hydrogens (tertiary/aromatic N) is 2. The normalized spacial score (nSPS) is 14.7. The van der Waals surface area contributed by atoms with E-state index >= 15 is 0 Å². The van der Waals surface area contributed by atoms with Crippen LogP contribution in [-0.2, 0) is 10.8 Å². The van der Waals surface area contributed by atoms with Crippen LogP contribution in [0, 0.1) is 6.92 Å². The van der Waals surface area contributed by atoms with Crippen LogP contribution in [0.4, 0.5) is 0 Å². The number of hydrogen-bond acceptors (Lipinski definition) is 4. The molecule has 0 amide bonds. The van der Waals surface area contributed by atoms with Crippen LogP contribution in [0.25, 0.3) is 0 Å². The lowest BCUT2D eigenvalue weighted by atomic mass is 10.3. The van der Waals surface area contributed by atoms with Gasteiger partial charge in [-0.2, -0.15) is 0 Å². The highest BCUT2D eigenvalue weighted by Gasteiger charge is 2.24. The van der Waals surface area contributed by atoms with Gasteiger partial charge in [-0.15, -0.1) is 5.10 Å². The molecular weight excluding hydrogens is 192 g/mol. The molecule has 0 aliphatic heterocycles. The van der Waals surface area contributed by atoms with E-state index in [4.69, 9.17) is 0 Å². The molecule has 1 rings (SSSR count). The monoisotopic (exact) mass is 204 g/mol. The van der Waals surface area contributed by atoms with Gasteiger partial charge in [0.05, 0.1) is 16.5 Å². The van der Waals surface area contributed by atoms with Crippen LogP contribution in [0.5, 0.6) is 0 Å². The molecule has 0 aliphatic rings. The lowest BCUT2D eigenvalue weighted by molar-refractivity contribution is 0.650. The summed E-state index contributed by atoms with van der Waals surface area (Å²) in [5, 5.41) is 3.83. The molecule has 0 N–H and O–H groups in total. The van der Waals surface area contributed by atoms with Gasteiger partial charge in [-0.05, 0) is 39.2 Å². The molecule has 1 aromatic rings. The van der Waals surface area contributed by atoms with E-state index in [-0.39, 0.29) is 4.75 Å². The van der Waals surface area contributed by atoms with E-state index in [1.165, 1.54) is 11.5 Å². The van der Waals surface area contributed by atoms with Crippen molar-refractivity contribution in [2.45, 2.75) is 36.7 Å². The van der Waals surface area contributed by atoms with Crippen molar-refractivity contribution in [2.24, 2.45) is 0 Å². The summed E-state index contributed by atoms with van der Waals surface area (Å²) in [6.45, 7) is 7.68. The second-order valence-corrected chi connectivity index (χ2v) is 6.71. The van der Waals surface area contributed by atoms with Crippen LogP contribution in [0.2, 0.25) is 0 Å². The van der Waals surface area contributed by atoms with E-state index in [1.54, 1.807) is 0 Å². The van der Waals surface area contributed by atoms with Crippen LogP contribution >= 0.6 is 11.5 Å². The molecule has 68 valence electrons. The Morgan fingerprint density at radius 3 is 2.33 bits per heavy atom. The van der Waals surface area contributed by atoms with Crippen LogP contribution in [0.3, 0.4) is 0 Å². The molecule has 5 heteroatoms. The summed E-state index contributed by atoms with van der Waals surface area (Å²) < 4.78 is 16.1. The summed E-state index contributed by atoms with van der Waals surface area (Å²) >= 11 is 1.22. The number of aromatic nitrogens is 2. The maximum absolute atomic E-state index is 11.8. The predicted octanol–water partition coefficient (Wildman–Crippen LogP) is 1.75. The van der Waals surface area contributed by atoms with E-state index in [1.807, 2.05) is 27.7 Å². The molecule has 0 aromatic carbocycles. The van der Waals surface area contributed by atoms with E-state index in [0.717, 1.165) is 9.90 Å². The van der Waals surface area contributed by atoms with Crippen molar-refractivity contribution in [1.82, 2.24) is 9.59 Å². The Kier molecular flexibility index (Phi) is 2.63. The Hall–Kier alpha value is -0.290. The minimum absolute atomic E-state index is 0.223. The third kappa shape index (κ3) is 1.90. The Balaban J connectivity index is 3.01. The largest absolute Gasteiger partial charge is 0.253 e. The van der Waals surface area contributed by atoms with Crippen molar-refractivity contribution < 1.29 is 4.21 Å². The van der Waals surface area contributed by atoms with Crippen molar-refractivity contribution in [3.05, 3.63) is 5.69 Å². The Bertz CT molecular complexity index is 301. The molecule has 0 spiro atoms. The van der Waals surface area contributed by atoms with E-state index in [9.17, 15) is 4.21 Å². The lowest BCUT2D eigenvalue weighted by Gasteiger charge is -2.15. The van der Waals surface area contributed by atoms with E-state index < -0.39 is 10.8 Å². The molecule has 0 bridgehead atoms. The molecule has 12 heavy (non-hydrogen) atoms. The van der Waals surface area contributed by atoms with E-state index in [0.29, 0.717) is 0 Å². The summed E-state index contributed by atoms with van der Waals surface area (Å²) in [6, 6.07) is 0. The average molecular weight is 204 g/mol. The van der Waals surface area contributed by atoms with Gasteiger partial charge >= 0.3 is 0 Å². The maximum Gasteiger partial charge on any atom is 0.135 e. The van der Waals surface area contributed by atoms with Gasteiger partial charge in [-0.1, -0.05) is 4.49 Å². The highest BCUT2D eigenvalue weighted by molar-refractivity contribution is 7.88. The number of aryl methyl sites for hydroxylation is 1. The lowest BCUT2D eigenvalue weighted by Crippen LogP contribution is -2.21. The minimum Gasteiger partial charge on any atom is -0.253 e. The first-order valence-corrected chi connectivity index (χ1v) is 5.56. The van der Waals surface area contributed by atoms with Gasteiger partial charge in [-0.3, -0.25) is 4.21 Å². The fourth-order valence-corrected chi connectivity index (χ4v) is 3.07. The Morgan fingerprint density at radius 2 is 2.00 bits per heavy atom. The molecular formula is C7H12N2OS2. The van der Waals surface area contributed by atoms with Crippen LogP contribution in [0.15, 0.2) is 4.21 Å². The summed E-state index contributed by atoms with van der Waals surface area (Å²) in [5.41, 5.74) is 0.785. The molecule has 1 heterocycles. The van der Waals surface area contributed by atoms with Gasteiger partial charge in [-0.25, -0.2) is 0 Å². The molecule has 0 radical (unpaired) electrons. The molecule has 0 aliphatic carbocycles. The van der Waals surface area contributed by atoms with Gasteiger partial charge in [0.1, 0.15) is 4.21 Å². The Labute approximate surface area is 78.8 Å². The van der Waals surface area contributed by atoms with Gasteiger partial charge < -0.3 is 0 Å². The van der Waals surface area contributed by atoms with Crippen molar-refractivity contribution in [3.8, 4) is 0 Å². The predicted molar refractivity (Wildman–Crippen MR) is 50.8 cm³/mol. The quantitative estimate of drug-likeness (QED) is 0.700. The van der Waals surface area contributed by atoms with Crippen molar-refractivity contribution in [3.63, 3.8) is 0 Å². The minimum atomic E-state index is -0.988. The molecule has 0 saturated heterocycles. The highest BCUT2D eigenvalue weighted by Crippen LogP contribution is 2.24. The van der Waals surface area contributed by atoms with Crippen molar-refractivity contribution >= 4 is 22.3 Å². The first-order chi connectivity index (χ1) is 5.43. The van der Waals surface area contributed by atoms with Crippen LogP contribution in [-0.4, -0.2) is 18.5 Å². The molecule has 0 saturated carbocycles. The topological polar surface area (TPSA) is 42.9 Å².